The maximum atomic E-state index is 4.38. The molecule has 0 radical (unpaired) electrons. The maximum Gasteiger partial charge on any atom is 0.0801 e. The Bertz CT molecular complexity index is 617. The number of benzene rings is 1. The van der Waals surface area contributed by atoms with Crippen molar-refractivity contribution < 1.29 is 0 Å². The Morgan fingerprint density at radius 3 is 3.07 bits per heavy atom. The number of aromatic nitrogens is 1. The average molecular weight is 192 g/mol. The average Bonchev–Trinajstić information content (AvgIpc) is 2.54. The molecule has 0 fully saturated rings. The zero-order valence-corrected chi connectivity index (χ0v) is 8.01. The van der Waals surface area contributed by atoms with Crippen molar-refractivity contribution in [2.75, 3.05) is 0 Å². The van der Waals surface area contributed by atoms with Gasteiger partial charge in [-0.15, -0.1) is 0 Å². The zero-order chi connectivity index (χ0) is 10.1. The standard InChI is InChI=1S/C13H8N2/c1-2-4-11-10(3-1)9-15-13-6-8-14-7-5-12(11)13/h1-7,9H. The number of pyridine rings is 1. The molecule has 0 saturated carbocycles. The molecular formula is C13H8N2. The first-order chi connectivity index (χ1) is 7.45. The Balaban J connectivity index is 2.45. The highest BCUT2D eigenvalue weighted by molar-refractivity contribution is 5.95. The van der Waals surface area contributed by atoms with Gasteiger partial charge in [0.05, 0.1) is 5.69 Å². The van der Waals surface area contributed by atoms with E-state index in [1.165, 1.54) is 5.39 Å². The van der Waals surface area contributed by atoms with Crippen LogP contribution in [0.5, 0.6) is 0 Å². The molecule has 0 spiro atoms. The van der Waals surface area contributed by atoms with E-state index in [2.05, 4.69) is 28.0 Å². The topological polar surface area (TPSA) is 25.2 Å². The summed E-state index contributed by atoms with van der Waals surface area (Å²) in [5.41, 5.74) is 2.04. The summed E-state index contributed by atoms with van der Waals surface area (Å²) in [5.74, 6) is 2.82. The van der Waals surface area contributed by atoms with Gasteiger partial charge in [0.2, 0.25) is 0 Å². The van der Waals surface area contributed by atoms with Gasteiger partial charge >= 0.3 is 0 Å². The smallest absolute Gasteiger partial charge is 0.0801 e. The maximum absolute atomic E-state index is 4.38. The van der Waals surface area contributed by atoms with Crippen molar-refractivity contribution in [2.45, 2.75) is 0 Å². The highest BCUT2D eigenvalue weighted by Gasteiger charge is 2.04. The van der Waals surface area contributed by atoms with Crippen molar-refractivity contribution in [3.05, 3.63) is 47.9 Å². The van der Waals surface area contributed by atoms with Crippen LogP contribution in [0.1, 0.15) is 11.3 Å². The van der Waals surface area contributed by atoms with E-state index in [0.29, 0.717) is 0 Å². The molecule has 0 aliphatic carbocycles. The number of aliphatic imine (C=N–C) groups is 1. The first-order valence-corrected chi connectivity index (χ1v) is 4.78. The van der Waals surface area contributed by atoms with Crippen LogP contribution in [0.3, 0.4) is 0 Å². The molecule has 0 bridgehead atoms. The van der Waals surface area contributed by atoms with Crippen LogP contribution in [0, 0.1) is 0 Å². The van der Waals surface area contributed by atoms with Crippen molar-refractivity contribution in [2.24, 2.45) is 4.99 Å². The van der Waals surface area contributed by atoms with Crippen LogP contribution in [0.25, 0.3) is 22.9 Å². The number of hydrogen-bond acceptors (Lipinski definition) is 2. The molecule has 15 heavy (non-hydrogen) atoms. The Labute approximate surface area is 87.3 Å². The minimum atomic E-state index is 0.922. The molecule has 0 unspecified atom stereocenters. The van der Waals surface area contributed by atoms with E-state index in [0.717, 1.165) is 16.6 Å². The molecule has 2 nitrogen and oxygen atoms in total. The lowest BCUT2D eigenvalue weighted by molar-refractivity contribution is 1.32. The van der Waals surface area contributed by atoms with E-state index < -0.39 is 0 Å². The van der Waals surface area contributed by atoms with Crippen molar-refractivity contribution in [3.8, 4) is 0 Å². The number of rotatable bonds is 0. The lowest BCUT2D eigenvalue weighted by Gasteiger charge is -2.03. The fourth-order valence-electron chi connectivity index (χ4n) is 1.74. The molecule has 2 aromatic rings. The summed E-state index contributed by atoms with van der Waals surface area (Å²) in [7, 11) is 0. The van der Waals surface area contributed by atoms with Gasteiger partial charge in [-0.2, -0.15) is 0 Å². The monoisotopic (exact) mass is 192 g/mol. The predicted octanol–water partition coefficient (Wildman–Crippen LogP) is 2.90. The van der Waals surface area contributed by atoms with E-state index in [1.54, 1.807) is 6.20 Å². The van der Waals surface area contributed by atoms with Crippen LogP contribution < -0.4 is 0 Å². The fourth-order valence-corrected chi connectivity index (χ4v) is 1.74. The van der Waals surface area contributed by atoms with Gasteiger partial charge in [0, 0.05) is 29.4 Å². The fraction of sp³-hybridized carbons (Fsp3) is 0. The highest BCUT2D eigenvalue weighted by atomic mass is 14.7. The summed E-state index contributed by atoms with van der Waals surface area (Å²) in [6.45, 7) is 0. The molecule has 2 heterocycles. The molecule has 1 aliphatic heterocycles. The Hall–Kier alpha value is -2.18. The van der Waals surface area contributed by atoms with Crippen LogP contribution >= 0.6 is 0 Å². The second kappa shape index (κ2) is 3.19. The summed E-state index contributed by atoms with van der Waals surface area (Å²) in [6.07, 6.45) is 7.41. The van der Waals surface area contributed by atoms with Gasteiger partial charge in [-0.3, -0.25) is 4.98 Å². The molecule has 2 heteroatoms. The second-order valence-electron chi connectivity index (χ2n) is 3.36. The number of fused-ring (bicyclic) bond motifs is 3. The van der Waals surface area contributed by atoms with Crippen molar-refractivity contribution in [1.29, 1.82) is 0 Å². The first-order valence-electron chi connectivity index (χ1n) is 4.78. The number of hydrogen-bond donors (Lipinski definition) is 0. The SMILES string of the molecule is C1=Cc2ncc3ccccc3c2C=CN=1. The summed E-state index contributed by atoms with van der Waals surface area (Å²) in [6, 6.07) is 8.21. The zero-order valence-electron chi connectivity index (χ0n) is 8.01. The Kier molecular flexibility index (Phi) is 1.74. The number of nitrogens with zero attached hydrogens (tertiary/aromatic N) is 2. The summed E-state index contributed by atoms with van der Waals surface area (Å²) < 4.78 is 0. The highest BCUT2D eigenvalue weighted by Crippen LogP contribution is 2.23. The molecule has 1 aromatic carbocycles. The van der Waals surface area contributed by atoms with Crippen LogP contribution in [0.4, 0.5) is 0 Å². The van der Waals surface area contributed by atoms with Gasteiger partial charge < -0.3 is 0 Å². The minimum Gasteiger partial charge on any atom is -0.255 e. The first kappa shape index (κ1) is 8.16. The van der Waals surface area contributed by atoms with Gasteiger partial charge in [0.1, 0.15) is 0 Å². The quantitative estimate of drug-likeness (QED) is 0.630. The van der Waals surface area contributed by atoms with Crippen LogP contribution in [-0.4, -0.2) is 10.9 Å². The molecular weight excluding hydrogens is 184 g/mol. The third kappa shape index (κ3) is 1.28. The third-order valence-corrected chi connectivity index (χ3v) is 2.46. The van der Waals surface area contributed by atoms with Crippen LogP contribution in [-0.2, 0) is 0 Å². The summed E-state index contributed by atoms with van der Waals surface area (Å²) in [4.78, 5) is 8.34. The molecule has 70 valence electrons. The second-order valence-corrected chi connectivity index (χ2v) is 3.36. The van der Waals surface area contributed by atoms with Gasteiger partial charge in [-0.25, -0.2) is 4.99 Å². The van der Waals surface area contributed by atoms with Crippen LogP contribution in [0.15, 0.2) is 41.7 Å². The van der Waals surface area contributed by atoms with Crippen molar-refractivity contribution >= 4 is 28.8 Å². The van der Waals surface area contributed by atoms with Gasteiger partial charge in [-0.05, 0) is 17.3 Å². The van der Waals surface area contributed by atoms with E-state index >= 15 is 0 Å². The Morgan fingerprint density at radius 2 is 2.07 bits per heavy atom. The molecule has 0 saturated heterocycles. The minimum absolute atomic E-state index is 0.922. The summed E-state index contributed by atoms with van der Waals surface area (Å²) >= 11 is 0. The molecule has 3 rings (SSSR count). The normalized spacial score (nSPS) is 12.8. The molecule has 1 aromatic heterocycles. The molecule has 1 aliphatic rings. The third-order valence-electron chi connectivity index (χ3n) is 2.46. The molecule has 0 amide bonds. The van der Waals surface area contributed by atoms with Gasteiger partial charge in [-0.1, -0.05) is 24.3 Å². The molecule has 0 N–H and O–H groups in total. The lowest BCUT2D eigenvalue weighted by atomic mass is 10.0. The summed E-state index contributed by atoms with van der Waals surface area (Å²) in [5, 5.41) is 2.35. The Morgan fingerprint density at radius 1 is 1.13 bits per heavy atom. The largest absolute Gasteiger partial charge is 0.255 e. The van der Waals surface area contributed by atoms with Crippen molar-refractivity contribution in [1.82, 2.24) is 4.98 Å². The van der Waals surface area contributed by atoms with Crippen LogP contribution in [0.2, 0.25) is 0 Å². The van der Waals surface area contributed by atoms with Gasteiger partial charge in [0.25, 0.3) is 0 Å². The van der Waals surface area contributed by atoms with E-state index in [4.69, 9.17) is 0 Å². The van der Waals surface area contributed by atoms with E-state index in [9.17, 15) is 0 Å². The lowest BCUT2D eigenvalue weighted by Crippen LogP contribution is -1.88. The molecule has 0 atom stereocenters. The van der Waals surface area contributed by atoms with E-state index in [1.807, 2.05) is 30.5 Å². The van der Waals surface area contributed by atoms with Crippen molar-refractivity contribution in [3.63, 3.8) is 0 Å². The van der Waals surface area contributed by atoms with E-state index in [-0.39, 0.29) is 0 Å². The van der Waals surface area contributed by atoms with Gasteiger partial charge in [0.15, 0.2) is 0 Å². The predicted molar refractivity (Wildman–Crippen MR) is 62.7 cm³/mol.